The molecule has 0 atom stereocenters. The van der Waals surface area contributed by atoms with Crippen molar-refractivity contribution in [3.8, 4) is 11.5 Å². The monoisotopic (exact) mass is 326 g/mol. The lowest BCUT2D eigenvalue weighted by atomic mass is 10.2. The molecule has 0 bridgehead atoms. The highest BCUT2D eigenvalue weighted by Crippen LogP contribution is 2.27. The zero-order chi connectivity index (χ0) is 15.2. The number of nitrogens with zero attached hydrogens (tertiary/aromatic N) is 4. The van der Waals surface area contributed by atoms with Crippen molar-refractivity contribution in [2.24, 2.45) is 5.10 Å². The predicted octanol–water partition coefficient (Wildman–Crippen LogP) is 0.794. The maximum atomic E-state index is 11.0. The van der Waals surface area contributed by atoms with Crippen LogP contribution in [-0.2, 0) is 4.79 Å². The second-order valence-electron chi connectivity index (χ2n) is 3.94. The summed E-state index contributed by atoms with van der Waals surface area (Å²) in [5.74, 6) is 6.17. The Bertz CT molecular complexity index is 673. The molecule has 0 unspecified atom stereocenters. The van der Waals surface area contributed by atoms with Crippen molar-refractivity contribution in [1.29, 1.82) is 0 Å². The van der Waals surface area contributed by atoms with E-state index in [1.165, 1.54) is 31.3 Å². The molecule has 9 nitrogen and oxygen atoms in total. The third kappa shape index (κ3) is 4.35. The van der Waals surface area contributed by atoms with E-state index in [1.54, 1.807) is 18.2 Å². The minimum Gasteiger partial charge on any atom is -0.493 e. The van der Waals surface area contributed by atoms with Crippen molar-refractivity contribution in [3.63, 3.8) is 0 Å². The van der Waals surface area contributed by atoms with E-state index in [9.17, 15) is 4.79 Å². The summed E-state index contributed by atoms with van der Waals surface area (Å²) >= 11 is 0. The van der Waals surface area contributed by atoms with Crippen LogP contribution in [0.25, 0.3) is 0 Å². The summed E-state index contributed by atoms with van der Waals surface area (Å²) in [6.07, 6.45) is 2.88. The van der Waals surface area contributed by atoms with Crippen molar-refractivity contribution < 1.29 is 14.3 Å². The average Bonchev–Trinajstić information content (AvgIpc) is 2.85. The number of methoxy groups -OCH3 is 1. The molecule has 0 aliphatic rings. The van der Waals surface area contributed by atoms with E-state index in [4.69, 9.17) is 15.3 Å². The molecule has 3 N–H and O–H groups in total. The highest BCUT2D eigenvalue weighted by atomic mass is 35.5. The molecule has 1 aromatic carbocycles. The average molecular weight is 327 g/mol. The lowest BCUT2D eigenvalue weighted by Crippen LogP contribution is -2.10. The number of hydrogen-bond donors (Lipinski definition) is 2. The zero-order valence-electron chi connectivity index (χ0n) is 11.9. The third-order valence-electron chi connectivity index (χ3n) is 2.39. The van der Waals surface area contributed by atoms with Crippen LogP contribution in [0.4, 0.5) is 5.95 Å². The number of ether oxygens (including phenoxy) is 2. The van der Waals surface area contributed by atoms with Gasteiger partial charge in [0.15, 0.2) is 11.5 Å². The lowest BCUT2D eigenvalue weighted by molar-refractivity contribution is -0.132. The van der Waals surface area contributed by atoms with Gasteiger partial charge >= 0.3 is 5.97 Å². The number of carbonyl (C=O) groups excluding carboxylic acids is 1. The van der Waals surface area contributed by atoms with Crippen LogP contribution in [0.15, 0.2) is 29.6 Å². The van der Waals surface area contributed by atoms with Gasteiger partial charge in [-0.2, -0.15) is 5.10 Å². The van der Waals surface area contributed by atoms with Gasteiger partial charge in [0.25, 0.3) is 5.95 Å². The number of halogens is 1. The lowest BCUT2D eigenvalue weighted by Gasteiger charge is -2.08. The van der Waals surface area contributed by atoms with Crippen LogP contribution < -0.4 is 20.7 Å². The maximum Gasteiger partial charge on any atom is 0.308 e. The van der Waals surface area contributed by atoms with Crippen LogP contribution in [0, 0.1) is 0 Å². The van der Waals surface area contributed by atoms with Crippen molar-refractivity contribution in [1.82, 2.24) is 14.9 Å². The van der Waals surface area contributed by atoms with Gasteiger partial charge in [0, 0.05) is 6.92 Å². The summed E-state index contributed by atoms with van der Waals surface area (Å²) in [6, 6.07) is 5.02. The molecule has 2 aromatic rings. The number of benzene rings is 1. The summed E-state index contributed by atoms with van der Waals surface area (Å²) in [5, 5.41) is 11.3. The molecule has 0 aliphatic carbocycles. The minimum absolute atomic E-state index is 0. The number of nitrogens with two attached hydrogens (primary N) is 1. The second kappa shape index (κ2) is 7.84. The molecule has 0 radical (unpaired) electrons. The van der Waals surface area contributed by atoms with Gasteiger partial charge in [-0.25, -0.2) is 10.1 Å². The van der Waals surface area contributed by atoms with Crippen molar-refractivity contribution in [2.45, 2.75) is 6.92 Å². The molecule has 0 aliphatic heterocycles. The molecule has 2 rings (SSSR count). The summed E-state index contributed by atoms with van der Waals surface area (Å²) in [4.78, 5) is 11.0. The maximum absolute atomic E-state index is 11.0. The van der Waals surface area contributed by atoms with Gasteiger partial charge < -0.3 is 15.3 Å². The van der Waals surface area contributed by atoms with Crippen LogP contribution >= 0.6 is 12.4 Å². The SMILES string of the molecule is COc1cc(C=NNc2nncn2N)ccc1OC(C)=O.Cl. The van der Waals surface area contributed by atoms with Gasteiger partial charge in [0.1, 0.15) is 6.33 Å². The summed E-state index contributed by atoms with van der Waals surface area (Å²) in [5.41, 5.74) is 3.37. The Morgan fingerprint density at radius 1 is 1.45 bits per heavy atom. The fraction of sp³-hybridized carbons (Fsp3) is 0.167. The van der Waals surface area contributed by atoms with Gasteiger partial charge in [-0.3, -0.25) is 4.79 Å². The third-order valence-corrected chi connectivity index (χ3v) is 2.39. The smallest absolute Gasteiger partial charge is 0.308 e. The van der Waals surface area contributed by atoms with E-state index < -0.39 is 5.97 Å². The van der Waals surface area contributed by atoms with Gasteiger partial charge in [0.2, 0.25) is 0 Å². The first-order valence-electron chi connectivity index (χ1n) is 5.91. The minimum atomic E-state index is -0.418. The molecule has 118 valence electrons. The second-order valence-corrected chi connectivity index (χ2v) is 3.94. The quantitative estimate of drug-likeness (QED) is 0.274. The fourth-order valence-corrected chi connectivity index (χ4v) is 1.49. The van der Waals surface area contributed by atoms with Crippen molar-refractivity contribution >= 4 is 30.5 Å². The van der Waals surface area contributed by atoms with Crippen molar-refractivity contribution in [2.75, 3.05) is 18.4 Å². The number of nitrogens with one attached hydrogen (secondary N) is 1. The largest absolute Gasteiger partial charge is 0.493 e. The Kier molecular flexibility index (Phi) is 6.14. The predicted molar refractivity (Wildman–Crippen MR) is 82.9 cm³/mol. The molecule has 1 heterocycles. The Labute approximate surface area is 132 Å². The molecule has 1 aromatic heterocycles. The summed E-state index contributed by atoms with van der Waals surface area (Å²) in [7, 11) is 1.48. The number of hydrogen-bond acceptors (Lipinski definition) is 8. The Morgan fingerprint density at radius 3 is 2.82 bits per heavy atom. The fourth-order valence-electron chi connectivity index (χ4n) is 1.49. The Morgan fingerprint density at radius 2 is 2.23 bits per heavy atom. The molecule has 10 heteroatoms. The molecule has 0 amide bonds. The van der Waals surface area contributed by atoms with Crippen LogP contribution in [0.5, 0.6) is 11.5 Å². The molecular weight excluding hydrogens is 312 g/mol. The van der Waals surface area contributed by atoms with Crippen molar-refractivity contribution in [3.05, 3.63) is 30.1 Å². The number of anilines is 1. The molecular formula is C12H15ClN6O3. The summed E-state index contributed by atoms with van der Waals surface area (Å²) < 4.78 is 11.4. The van der Waals surface area contributed by atoms with Gasteiger partial charge in [0.05, 0.1) is 13.3 Å². The number of nitrogen functional groups attached to an aromatic ring is 1. The number of hydrazone groups is 1. The van der Waals surface area contributed by atoms with E-state index in [1.807, 2.05) is 0 Å². The first-order chi connectivity index (χ1) is 10.1. The van der Waals surface area contributed by atoms with E-state index in [-0.39, 0.29) is 12.4 Å². The van der Waals surface area contributed by atoms with E-state index >= 15 is 0 Å². The number of esters is 1. The van der Waals surface area contributed by atoms with Gasteiger partial charge in [-0.05, 0) is 23.8 Å². The normalized spacial score (nSPS) is 10.1. The molecule has 0 spiro atoms. The molecule has 0 saturated carbocycles. The van der Waals surface area contributed by atoms with Crippen LogP contribution in [0.2, 0.25) is 0 Å². The highest BCUT2D eigenvalue weighted by molar-refractivity contribution is 5.85. The number of rotatable bonds is 5. The van der Waals surface area contributed by atoms with E-state index in [2.05, 4.69) is 20.7 Å². The molecule has 22 heavy (non-hydrogen) atoms. The zero-order valence-corrected chi connectivity index (χ0v) is 12.7. The Balaban J connectivity index is 0.00000242. The standard InChI is InChI=1S/C12H14N6O3.ClH/c1-8(19)21-10-4-3-9(5-11(10)20-2)6-14-16-12-17-15-7-18(12)13;/h3-7H,13H2,1-2H3,(H,16,17);1H. The van der Waals surface area contributed by atoms with Crippen LogP contribution in [0.1, 0.15) is 12.5 Å². The highest BCUT2D eigenvalue weighted by Gasteiger charge is 2.07. The number of aromatic nitrogens is 3. The van der Waals surface area contributed by atoms with E-state index in [0.717, 1.165) is 5.56 Å². The summed E-state index contributed by atoms with van der Waals surface area (Å²) in [6.45, 7) is 1.32. The van der Waals surface area contributed by atoms with E-state index in [0.29, 0.717) is 17.4 Å². The number of carbonyl (C=O) groups is 1. The molecule has 0 fully saturated rings. The van der Waals surface area contributed by atoms with Crippen LogP contribution in [-0.4, -0.2) is 34.2 Å². The Hall–Kier alpha value is -2.81. The van der Waals surface area contributed by atoms with Gasteiger partial charge in [-0.15, -0.1) is 22.6 Å². The molecule has 0 saturated heterocycles. The first kappa shape index (κ1) is 17.2. The van der Waals surface area contributed by atoms with Gasteiger partial charge in [-0.1, -0.05) is 0 Å². The topological polar surface area (TPSA) is 117 Å². The first-order valence-corrected chi connectivity index (χ1v) is 5.91. The van der Waals surface area contributed by atoms with Crippen LogP contribution in [0.3, 0.4) is 0 Å².